The smallest absolute Gasteiger partial charge is 0.335 e. The molecule has 0 aliphatic carbocycles. The van der Waals surface area contributed by atoms with Crippen molar-refractivity contribution in [1.29, 1.82) is 0 Å². The Labute approximate surface area is 115 Å². The van der Waals surface area contributed by atoms with E-state index in [1.807, 2.05) is 0 Å². The predicted molar refractivity (Wildman–Crippen MR) is 69.1 cm³/mol. The summed E-state index contributed by atoms with van der Waals surface area (Å²) in [5.74, 6) is -1.55. The van der Waals surface area contributed by atoms with E-state index in [1.54, 1.807) is 31.2 Å². The van der Waals surface area contributed by atoms with Crippen molar-refractivity contribution in [2.45, 2.75) is 19.4 Å². The number of aliphatic hydroxyl groups is 1. The van der Waals surface area contributed by atoms with E-state index in [9.17, 15) is 19.5 Å². The number of benzene rings is 1. The quantitative estimate of drug-likeness (QED) is 0.629. The number of aliphatic hydroxyl groups excluding tert-OH is 1. The first kappa shape index (κ1) is 14.2. The second-order valence-electron chi connectivity index (χ2n) is 4.36. The number of carbonyl (C=O) groups is 3. The van der Waals surface area contributed by atoms with E-state index in [0.29, 0.717) is 11.1 Å². The van der Waals surface area contributed by atoms with Gasteiger partial charge in [-0.25, -0.2) is 4.79 Å². The fourth-order valence-electron chi connectivity index (χ4n) is 2.05. The molecule has 106 valence electrons. The number of fused-ring (bicyclic) bond motifs is 1. The van der Waals surface area contributed by atoms with Gasteiger partial charge in [0.05, 0.1) is 17.7 Å². The average molecular weight is 277 g/mol. The van der Waals surface area contributed by atoms with Crippen molar-refractivity contribution in [3.63, 3.8) is 0 Å². The summed E-state index contributed by atoms with van der Waals surface area (Å²) in [6.07, 6.45) is -1.37. The SMILES string of the molecule is CCOC(=O)C(O)CCN1C(=O)c2ccccc2C1=O. The molecule has 6 nitrogen and oxygen atoms in total. The first-order chi connectivity index (χ1) is 9.56. The zero-order valence-electron chi connectivity index (χ0n) is 11.0. The molecule has 0 aromatic heterocycles. The molecule has 0 radical (unpaired) electrons. The predicted octanol–water partition coefficient (Wildman–Crippen LogP) is 0.597. The minimum atomic E-state index is -1.33. The number of amides is 2. The first-order valence-corrected chi connectivity index (χ1v) is 6.36. The van der Waals surface area contributed by atoms with Gasteiger partial charge in [-0.1, -0.05) is 12.1 Å². The largest absolute Gasteiger partial charge is 0.464 e. The van der Waals surface area contributed by atoms with Crippen LogP contribution in [-0.4, -0.2) is 47.0 Å². The fourth-order valence-corrected chi connectivity index (χ4v) is 2.05. The van der Waals surface area contributed by atoms with Gasteiger partial charge in [-0.15, -0.1) is 0 Å². The van der Waals surface area contributed by atoms with Gasteiger partial charge >= 0.3 is 5.97 Å². The Bertz CT molecular complexity index is 519. The van der Waals surface area contributed by atoms with Crippen LogP contribution in [0.1, 0.15) is 34.1 Å². The number of hydrogen-bond acceptors (Lipinski definition) is 5. The number of carbonyl (C=O) groups excluding carboxylic acids is 3. The normalized spacial score (nSPS) is 15.2. The van der Waals surface area contributed by atoms with Crippen LogP contribution in [0.4, 0.5) is 0 Å². The molecule has 20 heavy (non-hydrogen) atoms. The molecule has 0 bridgehead atoms. The van der Waals surface area contributed by atoms with Crippen molar-refractivity contribution < 1.29 is 24.2 Å². The molecule has 1 aliphatic heterocycles. The van der Waals surface area contributed by atoms with E-state index in [0.717, 1.165) is 4.90 Å². The van der Waals surface area contributed by atoms with Crippen LogP contribution in [0.2, 0.25) is 0 Å². The number of ether oxygens (including phenoxy) is 1. The van der Waals surface area contributed by atoms with Crippen molar-refractivity contribution in [3.8, 4) is 0 Å². The molecule has 0 fully saturated rings. The molecule has 0 spiro atoms. The Morgan fingerprint density at radius 2 is 1.80 bits per heavy atom. The summed E-state index contributed by atoms with van der Waals surface area (Å²) in [6, 6.07) is 6.52. The molecule has 1 N–H and O–H groups in total. The Morgan fingerprint density at radius 3 is 2.30 bits per heavy atom. The first-order valence-electron chi connectivity index (χ1n) is 6.36. The highest BCUT2D eigenvalue weighted by molar-refractivity contribution is 6.21. The van der Waals surface area contributed by atoms with E-state index in [-0.39, 0.29) is 19.6 Å². The van der Waals surface area contributed by atoms with Gasteiger partial charge in [0.15, 0.2) is 6.10 Å². The van der Waals surface area contributed by atoms with Crippen molar-refractivity contribution in [3.05, 3.63) is 35.4 Å². The molecule has 6 heteroatoms. The minimum absolute atomic E-state index is 0.0215. The monoisotopic (exact) mass is 277 g/mol. The van der Waals surface area contributed by atoms with Gasteiger partial charge in [0.1, 0.15) is 0 Å². The highest BCUT2D eigenvalue weighted by Crippen LogP contribution is 2.22. The summed E-state index contributed by atoms with van der Waals surface area (Å²) in [5, 5.41) is 9.57. The molecule has 0 saturated carbocycles. The standard InChI is InChI=1S/C14H15NO5/c1-2-20-14(19)11(16)7-8-15-12(17)9-5-3-4-6-10(9)13(15)18/h3-6,11,16H,2,7-8H2,1H3. The van der Waals surface area contributed by atoms with Crippen molar-refractivity contribution >= 4 is 17.8 Å². The van der Waals surface area contributed by atoms with Crippen LogP contribution in [-0.2, 0) is 9.53 Å². The lowest BCUT2D eigenvalue weighted by molar-refractivity contribution is -0.153. The number of rotatable bonds is 5. The third kappa shape index (κ3) is 2.55. The second-order valence-corrected chi connectivity index (χ2v) is 4.36. The van der Waals surface area contributed by atoms with Crippen LogP contribution in [0.25, 0.3) is 0 Å². The van der Waals surface area contributed by atoms with Crippen LogP contribution in [0.15, 0.2) is 24.3 Å². The van der Waals surface area contributed by atoms with E-state index in [1.165, 1.54) is 0 Å². The third-order valence-electron chi connectivity index (χ3n) is 3.06. The summed E-state index contributed by atoms with van der Waals surface area (Å²) in [7, 11) is 0. The molecule has 1 atom stereocenters. The van der Waals surface area contributed by atoms with Crippen LogP contribution >= 0.6 is 0 Å². The van der Waals surface area contributed by atoms with Crippen LogP contribution in [0, 0.1) is 0 Å². The van der Waals surface area contributed by atoms with E-state index in [2.05, 4.69) is 4.74 Å². The maximum atomic E-state index is 12.0. The van der Waals surface area contributed by atoms with Crippen molar-refractivity contribution in [1.82, 2.24) is 4.90 Å². The average Bonchev–Trinajstić information content (AvgIpc) is 2.69. The van der Waals surface area contributed by atoms with Gasteiger partial charge in [0.2, 0.25) is 0 Å². The molecular formula is C14H15NO5. The zero-order chi connectivity index (χ0) is 14.7. The molecular weight excluding hydrogens is 262 g/mol. The van der Waals surface area contributed by atoms with Gasteiger partial charge in [-0.2, -0.15) is 0 Å². The Hall–Kier alpha value is -2.21. The maximum absolute atomic E-state index is 12.0. The van der Waals surface area contributed by atoms with Gasteiger partial charge < -0.3 is 9.84 Å². The third-order valence-corrected chi connectivity index (χ3v) is 3.06. The van der Waals surface area contributed by atoms with Gasteiger partial charge in [0.25, 0.3) is 11.8 Å². The molecule has 1 aliphatic rings. The maximum Gasteiger partial charge on any atom is 0.335 e. The number of hydrogen-bond donors (Lipinski definition) is 1. The highest BCUT2D eigenvalue weighted by Gasteiger charge is 2.35. The Balaban J connectivity index is 2.01. The summed E-state index contributed by atoms with van der Waals surface area (Å²) < 4.78 is 4.66. The Morgan fingerprint density at radius 1 is 1.25 bits per heavy atom. The summed E-state index contributed by atoms with van der Waals surface area (Å²) in [6.45, 7) is 1.78. The molecule has 1 unspecified atom stereocenters. The van der Waals surface area contributed by atoms with Crippen molar-refractivity contribution in [2.75, 3.05) is 13.2 Å². The second kappa shape index (κ2) is 5.83. The van der Waals surface area contributed by atoms with Gasteiger partial charge in [-0.3, -0.25) is 14.5 Å². The van der Waals surface area contributed by atoms with Gasteiger partial charge in [0, 0.05) is 13.0 Å². The number of nitrogens with zero attached hydrogens (tertiary/aromatic N) is 1. The molecule has 0 saturated heterocycles. The Kier molecular flexibility index (Phi) is 4.14. The zero-order valence-corrected chi connectivity index (χ0v) is 11.0. The van der Waals surface area contributed by atoms with E-state index < -0.39 is 23.9 Å². The topological polar surface area (TPSA) is 83.9 Å². The minimum Gasteiger partial charge on any atom is -0.464 e. The van der Waals surface area contributed by atoms with Crippen LogP contribution in [0.5, 0.6) is 0 Å². The fraction of sp³-hybridized carbons (Fsp3) is 0.357. The van der Waals surface area contributed by atoms with E-state index in [4.69, 9.17) is 0 Å². The van der Waals surface area contributed by atoms with Crippen LogP contribution < -0.4 is 0 Å². The lowest BCUT2D eigenvalue weighted by atomic mass is 10.1. The molecule has 1 aromatic carbocycles. The van der Waals surface area contributed by atoms with Gasteiger partial charge in [-0.05, 0) is 19.1 Å². The lowest BCUT2D eigenvalue weighted by Gasteiger charge is -2.15. The highest BCUT2D eigenvalue weighted by atomic mass is 16.5. The van der Waals surface area contributed by atoms with Crippen LogP contribution in [0.3, 0.4) is 0 Å². The molecule has 1 heterocycles. The number of imide groups is 1. The summed E-state index contributed by atoms with van der Waals surface area (Å²) >= 11 is 0. The number of esters is 1. The summed E-state index contributed by atoms with van der Waals surface area (Å²) in [4.78, 5) is 36.3. The molecule has 2 amide bonds. The van der Waals surface area contributed by atoms with E-state index >= 15 is 0 Å². The lowest BCUT2D eigenvalue weighted by Crippen LogP contribution is -2.34. The summed E-state index contributed by atoms with van der Waals surface area (Å²) in [5.41, 5.74) is 0.700. The molecule has 2 rings (SSSR count). The molecule has 1 aromatic rings. The van der Waals surface area contributed by atoms with Crippen molar-refractivity contribution in [2.24, 2.45) is 0 Å².